The molecule has 0 bridgehead atoms. The molecule has 0 amide bonds. The summed E-state index contributed by atoms with van der Waals surface area (Å²) in [6.45, 7) is 12.2. The highest BCUT2D eigenvalue weighted by Gasteiger charge is 2.20. The van der Waals surface area contributed by atoms with Gasteiger partial charge in [0.05, 0.1) is 0 Å². The molecule has 0 spiro atoms. The first-order valence-electron chi connectivity index (χ1n) is 6.26. The summed E-state index contributed by atoms with van der Waals surface area (Å²) < 4.78 is 0. The molecule has 0 saturated heterocycles. The maximum atomic E-state index is 3.59. The highest BCUT2D eigenvalue weighted by atomic mass is 14.9. The second-order valence-electron chi connectivity index (χ2n) is 5.44. The van der Waals surface area contributed by atoms with Gasteiger partial charge in [-0.3, -0.25) is 0 Å². The van der Waals surface area contributed by atoms with E-state index >= 15 is 0 Å². The number of aryl methyl sites for hydroxylation is 1. The molecular formula is C15H25N. The van der Waals surface area contributed by atoms with E-state index in [9.17, 15) is 0 Å². The molecule has 0 aromatic heterocycles. The fourth-order valence-electron chi connectivity index (χ4n) is 1.68. The molecule has 0 heterocycles. The summed E-state index contributed by atoms with van der Waals surface area (Å²) in [7, 11) is 0. The molecule has 0 radical (unpaired) electrons. The van der Waals surface area contributed by atoms with Gasteiger partial charge in [0, 0.05) is 18.0 Å². The van der Waals surface area contributed by atoms with Gasteiger partial charge in [-0.25, -0.2) is 0 Å². The van der Waals surface area contributed by atoms with Crippen molar-refractivity contribution < 1.29 is 0 Å². The van der Waals surface area contributed by atoms with Crippen LogP contribution < -0.4 is 5.32 Å². The Labute approximate surface area is 100 Å². The number of nitrogens with one attached hydrogen (secondary N) is 1. The first kappa shape index (κ1) is 13.2. The van der Waals surface area contributed by atoms with Crippen molar-refractivity contribution >= 4 is 0 Å². The van der Waals surface area contributed by atoms with E-state index in [1.54, 1.807) is 0 Å². The number of hydrogen-bond acceptors (Lipinski definition) is 1. The molecule has 0 aliphatic heterocycles. The predicted octanol–water partition coefficient (Wildman–Crippen LogP) is 3.66. The average molecular weight is 219 g/mol. The Hall–Kier alpha value is -0.820. The quantitative estimate of drug-likeness (QED) is 0.797. The fraction of sp³-hybridized carbons (Fsp3) is 0.600. The summed E-state index contributed by atoms with van der Waals surface area (Å²) in [5.41, 5.74) is 2.94. The molecule has 0 saturated carbocycles. The lowest BCUT2D eigenvalue weighted by atomic mass is 9.84. The van der Waals surface area contributed by atoms with Gasteiger partial charge in [0.1, 0.15) is 0 Å². The van der Waals surface area contributed by atoms with Crippen LogP contribution in [0.1, 0.15) is 45.2 Å². The maximum Gasteiger partial charge on any atom is 0.00456 e. The van der Waals surface area contributed by atoms with Crippen LogP contribution in [0, 0.1) is 6.92 Å². The molecule has 1 heteroatoms. The molecule has 1 aromatic rings. The third kappa shape index (κ3) is 3.64. The van der Waals surface area contributed by atoms with Crippen LogP contribution in [0.3, 0.4) is 0 Å². The van der Waals surface area contributed by atoms with E-state index in [1.165, 1.54) is 17.5 Å². The molecule has 16 heavy (non-hydrogen) atoms. The summed E-state index contributed by atoms with van der Waals surface area (Å²) in [5, 5.41) is 3.59. The molecule has 0 fully saturated rings. The van der Waals surface area contributed by atoms with Crippen molar-refractivity contribution in [2.75, 3.05) is 6.54 Å². The van der Waals surface area contributed by atoms with Gasteiger partial charge in [-0.2, -0.15) is 0 Å². The first-order valence-corrected chi connectivity index (χ1v) is 6.26. The normalized spacial score (nSPS) is 13.8. The summed E-state index contributed by atoms with van der Waals surface area (Å²) >= 11 is 0. The van der Waals surface area contributed by atoms with Gasteiger partial charge in [-0.15, -0.1) is 0 Å². The van der Waals surface area contributed by atoms with E-state index in [1.807, 2.05) is 0 Å². The van der Waals surface area contributed by atoms with Crippen LogP contribution in [-0.4, -0.2) is 12.6 Å². The van der Waals surface area contributed by atoms with Crippen LogP contribution in [0.5, 0.6) is 0 Å². The Morgan fingerprint density at radius 2 is 1.75 bits per heavy atom. The summed E-state index contributed by atoms with van der Waals surface area (Å²) in [6, 6.07) is 9.48. The van der Waals surface area contributed by atoms with Crippen LogP contribution in [0.4, 0.5) is 0 Å². The monoisotopic (exact) mass is 219 g/mol. The van der Waals surface area contributed by atoms with E-state index in [4.69, 9.17) is 0 Å². The van der Waals surface area contributed by atoms with E-state index in [0.29, 0.717) is 6.04 Å². The van der Waals surface area contributed by atoms with Crippen LogP contribution in [0.2, 0.25) is 0 Å². The van der Waals surface area contributed by atoms with Crippen molar-refractivity contribution in [3.05, 3.63) is 35.4 Å². The highest BCUT2D eigenvalue weighted by molar-refractivity contribution is 5.27. The van der Waals surface area contributed by atoms with E-state index in [2.05, 4.69) is 64.2 Å². The smallest absolute Gasteiger partial charge is 0.00456 e. The minimum atomic E-state index is 0.205. The second-order valence-corrected chi connectivity index (χ2v) is 5.44. The fourth-order valence-corrected chi connectivity index (χ4v) is 1.68. The molecular weight excluding hydrogens is 194 g/mol. The van der Waals surface area contributed by atoms with Gasteiger partial charge in [-0.05, 0) is 25.8 Å². The molecule has 1 rings (SSSR count). The average Bonchev–Trinajstić information content (AvgIpc) is 2.26. The van der Waals surface area contributed by atoms with Gasteiger partial charge in [0.15, 0.2) is 0 Å². The zero-order chi connectivity index (χ0) is 12.2. The molecule has 0 aliphatic carbocycles. The van der Waals surface area contributed by atoms with E-state index in [-0.39, 0.29) is 5.41 Å². The standard InChI is InChI=1S/C15H25N/c1-6-13(3)16-11-15(4,5)14-9-7-12(2)8-10-14/h7-10,13,16H,6,11H2,1-5H3. The lowest BCUT2D eigenvalue weighted by molar-refractivity contribution is 0.424. The van der Waals surface area contributed by atoms with E-state index < -0.39 is 0 Å². The number of hydrogen-bond donors (Lipinski definition) is 1. The zero-order valence-corrected chi connectivity index (χ0v) is 11.3. The van der Waals surface area contributed by atoms with Crippen LogP contribution in [0.25, 0.3) is 0 Å². The van der Waals surface area contributed by atoms with E-state index in [0.717, 1.165) is 6.54 Å². The van der Waals surface area contributed by atoms with Crippen molar-refractivity contribution in [1.29, 1.82) is 0 Å². The number of benzene rings is 1. The molecule has 90 valence electrons. The van der Waals surface area contributed by atoms with Crippen molar-refractivity contribution in [2.45, 2.75) is 52.5 Å². The Balaban J connectivity index is 2.66. The molecule has 0 aliphatic rings. The van der Waals surface area contributed by atoms with Crippen LogP contribution >= 0.6 is 0 Å². The molecule has 1 nitrogen and oxygen atoms in total. The maximum absolute atomic E-state index is 3.59. The van der Waals surface area contributed by atoms with Gasteiger partial charge >= 0.3 is 0 Å². The van der Waals surface area contributed by atoms with Gasteiger partial charge < -0.3 is 5.32 Å². The van der Waals surface area contributed by atoms with Crippen molar-refractivity contribution in [2.24, 2.45) is 0 Å². The summed E-state index contributed by atoms with van der Waals surface area (Å²) in [4.78, 5) is 0. The topological polar surface area (TPSA) is 12.0 Å². The third-order valence-electron chi connectivity index (χ3n) is 3.34. The van der Waals surface area contributed by atoms with Crippen LogP contribution in [-0.2, 0) is 5.41 Å². The van der Waals surface area contributed by atoms with Gasteiger partial charge in [0.2, 0.25) is 0 Å². The third-order valence-corrected chi connectivity index (χ3v) is 3.34. The van der Waals surface area contributed by atoms with Crippen molar-refractivity contribution in [3.8, 4) is 0 Å². The molecule has 1 aromatic carbocycles. The highest BCUT2D eigenvalue weighted by Crippen LogP contribution is 2.22. The Morgan fingerprint density at radius 1 is 1.19 bits per heavy atom. The Bertz CT molecular complexity index is 311. The van der Waals surface area contributed by atoms with Gasteiger partial charge in [-0.1, -0.05) is 50.6 Å². The first-order chi connectivity index (χ1) is 7.45. The predicted molar refractivity (Wildman–Crippen MR) is 72.0 cm³/mol. The summed E-state index contributed by atoms with van der Waals surface area (Å²) in [5.74, 6) is 0. The number of rotatable bonds is 5. The largest absolute Gasteiger partial charge is 0.313 e. The van der Waals surface area contributed by atoms with Crippen molar-refractivity contribution in [1.82, 2.24) is 5.32 Å². The lowest BCUT2D eigenvalue weighted by Gasteiger charge is -2.27. The lowest BCUT2D eigenvalue weighted by Crippen LogP contribution is -2.37. The molecule has 1 N–H and O–H groups in total. The molecule has 1 atom stereocenters. The summed E-state index contributed by atoms with van der Waals surface area (Å²) in [6.07, 6.45) is 1.18. The Kier molecular flexibility index (Phi) is 4.55. The molecule has 1 unspecified atom stereocenters. The van der Waals surface area contributed by atoms with Crippen molar-refractivity contribution in [3.63, 3.8) is 0 Å². The zero-order valence-electron chi connectivity index (χ0n) is 11.3. The Morgan fingerprint density at radius 3 is 2.25 bits per heavy atom. The minimum Gasteiger partial charge on any atom is -0.313 e. The SMILES string of the molecule is CCC(C)NCC(C)(C)c1ccc(C)cc1. The van der Waals surface area contributed by atoms with Gasteiger partial charge in [0.25, 0.3) is 0 Å². The minimum absolute atomic E-state index is 0.205. The second kappa shape index (κ2) is 5.49. The van der Waals surface area contributed by atoms with Crippen LogP contribution in [0.15, 0.2) is 24.3 Å².